The van der Waals surface area contributed by atoms with Crippen LogP contribution >= 0.6 is 0 Å². The molecule has 0 unspecified atom stereocenters. The third kappa shape index (κ3) is 4.15. The lowest BCUT2D eigenvalue weighted by Crippen LogP contribution is -2.35. The molecule has 1 saturated carbocycles. The number of hydrogen-bond donors (Lipinski definition) is 1. The molecule has 1 aliphatic carbocycles. The second-order valence-corrected chi connectivity index (χ2v) is 4.45. The second-order valence-electron chi connectivity index (χ2n) is 4.45. The fourth-order valence-corrected chi connectivity index (χ4v) is 2.32. The topological polar surface area (TPSA) is 12.0 Å². The average Bonchev–Trinajstić information content (AvgIpc) is 2.25. The molecule has 0 heterocycles. The first kappa shape index (κ1) is 11.6. The average molecular weight is 193 g/mol. The van der Waals surface area contributed by atoms with E-state index in [0.717, 1.165) is 25.3 Å². The van der Waals surface area contributed by atoms with E-state index < -0.39 is 0 Å². The minimum absolute atomic E-state index is 0.688. The van der Waals surface area contributed by atoms with Gasteiger partial charge >= 0.3 is 0 Å². The van der Waals surface area contributed by atoms with Gasteiger partial charge in [-0.2, -0.15) is 0 Å². The van der Waals surface area contributed by atoms with Crippen molar-refractivity contribution in [2.45, 2.75) is 57.9 Å². The zero-order valence-electron chi connectivity index (χ0n) is 9.39. The molecule has 14 heavy (non-hydrogen) atoms. The van der Waals surface area contributed by atoms with Crippen LogP contribution in [0.25, 0.3) is 0 Å². The highest BCUT2D eigenvalue weighted by Gasteiger charge is 2.18. The Morgan fingerprint density at radius 3 is 2.71 bits per heavy atom. The van der Waals surface area contributed by atoms with E-state index in [1.165, 1.54) is 32.1 Å². The van der Waals surface area contributed by atoms with Crippen molar-refractivity contribution in [3.8, 4) is 12.3 Å². The molecule has 0 spiro atoms. The monoisotopic (exact) mass is 193 g/mol. The van der Waals surface area contributed by atoms with E-state index in [1.807, 2.05) is 0 Å². The molecule has 80 valence electrons. The molecule has 0 saturated heterocycles. The SMILES string of the molecule is C#CCCCN[C@@H](C)C1CCCCC1. The third-order valence-electron chi connectivity index (χ3n) is 3.32. The van der Waals surface area contributed by atoms with Crippen LogP contribution in [0.15, 0.2) is 0 Å². The minimum Gasteiger partial charge on any atom is -0.314 e. The molecule has 0 bridgehead atoms. The van der Waals surface area contributed by atoms with Gasteiger partial charge in [-0.1, -0.05) is 19.3 Å². The smallest absolute Gasteiger partial charge is 0.00981 e. The number of hydrogen-bond acceptors (Lipinski definition) is 1. The Balaban J connectivity index is 2.07. The van der Waals surface area contributed by atoms with Crippen LogP contribution in [-0.4, -0.2) is 12.6 Å². The molecule has 1 atom stereocenters. The molecule has 1 nitrogen and oxygen atoms in total. The van der Waals surface area contributed by atoms with Gasteiger partial charge in [0.1, 0.15) is 0 Å². The number of terminal acetylenes is 1. The van der Waals surface area contributed by atoms with Crippen molar-refractivity contribution in [2.75, 3.05) is 6.54 Å². The Morgan fingerprint density at radius 2 is 2.07 bits per heavy atom. The van der Waals surface area contributed by atoms with E-state index in [2.05, 4.69) is 18.2 Å². The molecule has 1 N–H and O–H groups in total. The van der Waals surface area contributed by atoms with Gasteiger partial charge in [-0.15, -0.1) is 12.3 Å². The highest BCUT2D eigenvalue weighted by atomic mass is 14.9. The molecule has 0 aromatic carbocycles. The third-order valence-corrected chi connectivity index (χ3v) is 3.32. The lowest BCUT2D eigenvalue weighted by Gasteiger charge is -2.28. The van der Waals surface area contributed by atoms with Gasteiger partial charge in [0.15, 0.2) is 0 Å². The van der Waals surface area contributed by atoms with E-state index >= 15 is 0 Å². The zero-order chi connectivity index (χ0) is 10.2. The summed E-state index contributed by atoms with van der Waals surface area (Å²) in [5, 5.41) is 3.59. The van der Waals surface area contributed by atoms with E-state index in [4.69, 9.17) is 6.42 Å². The summed E-state index contributed by atoms with van der Waals surface area (Å²) < 4.78 is 0. The number of nitrogens with one attached hydrogen (secondary N) is 1. The highest BCUT2D eigenvalue weighted by Crippen LogP contribution is 2.26. The van der Waals surface area contributed by atoms with Gasteiger partial charge in [-0.25, -0.2) is 0 Å². The summed E-state index contributed by atoms with van der Waals surface area (Å²) in [5.74, 6) is 3.59. The Morgan fingerprint density at radius 1 is 1.36 bits per heavy atom. The van der Waals surface area contributed by atoms with Crippen LogP contribution in [0.3, 0.4) is 0 Å². The van der Waals surface area contributed by atoms with Gasteiger partial charge in [-0.3, -0.25) is 0 Å². The minimum atomic E-state index is 0.688. The van der Waals surface area contributed by atoms with E-state index in [0.29, 0.717) is 6.04 Å². The lowest BCUT2D eigenvalue weighted by molar-refractivity contribution is 0.281. The molecule has 1 rings (SSSR count). The lowest BCUT2D eigenvalue weighted by atomic mass is 9.84. The molecule has 1 aliphatic rings. The molecule has 0 aromatic heterocycles. The summed E-state index contributed by atoms with van der Waals surface area (Å²) in [7, 11) is 0. The maximum Gasteiger partial charge on any atom is 0.00981 e. The first-order chi connectivity index (χ1) is 6.84. The van der Waals surface area contributed by atoms with Gasteiger partial charge in [0.2, 0.25) is 0 Å². The van der Waals surface area contributed by atoms with Gasteiger partial charge in [0, 0.05) is 12.5 Å². The molecular formula is C13H23N. The van der Waals surface area contributed by atoms with Crippen LogP contribution in [0.2, 0.25) is 0 Å². The van der Waals surface area contributed by atoms with Crippen molar-refractivity contribution in [1.82, 2.24) is 5.32 Å². The first-order valence-corrected chi connectivity index (χ1v) is 6.01. The summed E-state index contributed by atoms with van der Waals surface area (Å²) in [5.41, 5.74) is 0. The molecular weight excluding hydrogens is 170 g/mol. The Hall–Kier alpha value is -0.480. The number of unbranched alkanes of at least 4 members (excludes halogenated alkanes) is 1. The van der Waals surface area contributed by atoms with Crippen molar-refractivity contribution >= 4 is 0 Å². The van der Waals surface area contributed by atoms with Crippen molar-refractivity contribution < 1.29 is 0 Å². The predicted octanol–water partition coefficient (Wildman–Crippen LogP) is 2.96. The van der Waals surface area contributed by atoms with Gasteiger partial charge in [0.25, 0.3) is 0 Å². The van der Waals surface area contributed by atoms with Crippen molar-refractivity contribution in [3.05, 3.63) is 0 Å². The van der Waals surface area contributed by atoms with Crippen LogP contribution in [0.1, 0.15) is 51.9 Å². The molecule has 0 amide bonds. The van der Waals surface area contributed by atoms with E-state index in [9.17, 15) is 0 Å². The van der Waals surface area contributed by atoms with E-state index in [1.54, 1.807) is 0 Å². The van der Waals surface area contributed by atoms with E-state index in [-0.39, 0.29) is 0 Å². The normalized spacial score (nSPS) is 20.3. The number of rotatable bonds is 5. The maximum absolute atomic E-state index is 5.21. The van der Waals surface area contributed by atoms with Gasteiger partial charge < -0.3 is 5.32 Å². The molecule has 1 fully saturated rings. The summed E-state index contributed by atoms with van der Waals surface area (Å²) in [6, 6.07) is 0.688. The zero-order valence-corrected chi connectivity index (χ0v) is 9.39. The van der Waals surface area contributed by atoms with Crippen LogP contribution in [0, 0.1) is 18.3 Å². The van der Waals surface area contributed by atoms with Crippen LogP contribution in [-0.2, 0) is 0 Å². The van der Waals surface area contributed by atoms with Crippen LogP contribution < -0.4 is 5.32 Å². The fraction of sp³-hybridized carbons (Fsp3) is 0.846. The second kappa shape index (κ2) is 6.90. The van der Waals surface area contributed by atoms with Gasteiger partial charge in [0.05, 0.1) is 0 Å². The summed E-state index contributed by atoms with van der Waals surface area (Å²) >= 11 is 0. The Bertz CT molecular complexity index is 174. The first-order valence-electron chi connectivity index (χ1n) is 6.01. The van der Waals surface area contributed by atoms with Crippen molar-refractivity contribution in [3.63, 3.8) is 0 Å². The molecule has 0 radical (unpaired) electrons. The van der Waals surface area contributed by atoms with Crippen molar-refractivity contribution in [1.29, 1.82) is 0 Å². The molecule has 1 heteroatoms. The Kier molecular flexibility index (Phi) is 5.71. The maximum atomic E-state index is 5.21. The summed E-state index contributed by atoms with van der Waals surface area (Å²) in [6.07, 6.45) is 14.4. The van der Waals surface area contributed by atoms with Crippen molar-refractivity contribution in [2.24, 2.45) is 5.92 Å². The van der Waals surface area contributed by atoms with Crippen LogP contribution in [0.4, 0.5) is 0 Å². The molecule has 0 aromatic rings. The summed E-state index contributed by atoms with van der Waals surface area (Å²) in [4.78, 5) is 0. The predicted molar refractivity (Wildman–Crippen MR) is 62.1 cm³/mol. The summed E-state index contributed by atoms with van der Waals surface area (Å²) in [6.45, 7) is 3.41. The fourth-order valence-electron chi connectivity index (χ4n) is 2.32. The standard InChI is InChI=1S/C13H23N/c1-3-4-8-11-14-12(2)13-9-6-5-7-10-13/h1,12-14H,4-11H2,2H3/t12-/m0/s1. The van der Waals surface area contributed by atoms with Crippen LogP contribution in [0.5, 0.6) is 0 Å². The quantitative estimate of drug-likeness (QED) is 0.523. The van der Waals surface area contributed by atoms with Gasteiger partial charge in [-0.05, 0) is 38.6 Å². The highest BCUT2D eigenvalue weighted by molar-refractivity contribution is 4.83. The molecule has 0 aliphatic heterocycles. The largest absolute Gasteiger partial charge is 0.314 e. The Labute approximate surface area is 88.7 Å².